The highest BCUT2D eigenvalue weighted by atomic mass is 32.2. The number of methoxy groups -OCH3 is 2. The van der Waals surface area contributed by atoms with Gasteiger partial charge in [-0.2, -0.15) is 0 Å². The summed E-state index contributed by atoms with van der Waals surface area (Å²) in [6.45, 7) is 3.57. The molecule has 2 heterocycles. The van der Waals surface area contributed by atoms with Gasteiger partial charge >= 0.3 is 0 Å². The van der Waals surface area contributed by atoms with Crippen LogP contribution in [0.4, 0.5) is 5.88 Å². The molecule has 0 saturated carbocycles. The van der Waals surface area contributed by atoms with Crippen LogP contribution < -0.4 is 14.2 Å². The van der Waals surface area contributed by atoms with Crippen LogP contribution in [0.2, 0.25) is 0 Å². The number of rotatable bonds is 10. The Hall–Kier alpha value is -5.10. The molecule has 43 heavy (non-hydrogen) atoms. The number of hydrogen-bond donors (Lipinski definition) is 1. The van der Waals surface area contributed by atoms with Crippen LogP contribution in [0.5, 0.6) is 11.5 Å². The number of carbonyl (C=O) groups is 1. The summed E-state index contributed by atoms with van der Waals surface area (Å²) >= 11 is 0. The topological polar surface area (TPSA) is 137 Å². The lowest BCUT2D eigenvalue weighted by Gasteiger charge is -2.22. The van der Waals surface area contributed by atoms with Gasteiger partial charge in [0.25, 0.3) is 15.9 Å². The number of nitrogens with zero attached hydrogens (tertiary/aromatic N) is 3. The van der Waals surface area contributed by atoms with Crippen LogP contribution in [0.25, 0.3) is 22.6 Å². The van der Waals surface area contributed by atoms with Gasteiger partial charge in [0.1, 0.15) is 6.26 Å². The van der Waals surface area contributed by atoms with Gasteiger partial charge in [-0.15, -0.1) is 0 Å². The Morgan fingerprint density at radius 3 is 2.47 bits per heavy atom. The van der Waals surface area contributed by atoms with E-state index in [2.05, 4.69) is 14.9 Å². The largest absolute Gasteiger partial charge is 0.493 e. The van der Waals surface area contributed by atoms with Crippen LogP contribution in [-0.2, 0) is 16.6 Å². The average Bonchev–Trinajstić information content (AvgIpc) is 3.66. The second kappa shape index (κ2) is 12.0. The lowest BCUT2D eigenvalue weighted by molar-refractivity contribution is 0.0781. The van der Waals surface area contributed by atoms with Crippen LogP contribution in [0.1, 0.15) is 27.2 Å². The van der Waals surface area contributed by atoms with Crippen molar-refractivity contribution in [3.05, 3.63) is 95.5 Å². The molecule has 0 bridgehead atoms. The quantitative estimate of drug-likeness (QED) is 0.213. The molecule has 0 aliphatic heterocycles. The van der Waals surface area contributed by atoms with E-state index in [1.54, 1.807) is 69.4 Å². The van der Waals surface area contributed by atoms with Crippen molar-refractivity contribution in [1.29, 1.82) is 0 Å². The SMILES string of the molecule is COc1cccc(C(=O)N(C)Cc2cc(-c3ncco3)ccc2-c2ccccc2S(=O)(=O)Nc2onc(C)c2C)c1OC. The van der Waals surface area contributed by atoms with Crippen molar-refractivity contribution >= 4 is 21.8 Å². The second-order valence-electron chi connectivity index (χ2n) is 9.74. The third-order valence-electron chi connectivity index (χ3n) is 7.02. The molecule has 1 N–H and O–H groups in total. The predicted octanol–water partition coefficient (Wildman–Crippen LogP) is 5.70. The van der Waals surface area contributed by atoms with Gasteiger partial charge < -0.3 is 23.3 Å². The number of amides is 1. The maximum absolute atomic E-state index is 13.7. The first-order chi connectivity index (χ1) is 20.6. The average molecular weight is 603 g/mol. The number of carbonyl (C=O) groups excluding carboxylic acids is 1. The molecule has 0 aliphatic rings. The minimum absolute atomic E-state index is 0.0250. The maximum Gasteiger partial charge on any atom is 0.264 e. The van der Waals surface area contributed by atoms with E-state index in [0.29, 0.717) is 56.5 Å². The maximum atomic E-state index is 13.7. The summed E-state index contributed by atoms with van der Waals surface area (Å²) in [4.78, 5) is 19.5. The lowest BCUT2D eigenvalue weighted by atomic mass is 9.96. The van der Waals surface area contributed by atoms with E-state index < -0.39 is 10.0 Å². The van der Waals surface area contributed by atoms with Crippen molar-refractivity contribution in [3.8, 4) is 34.1 Å². The van der Waals surface area contributed by atoms with Crippen LogP contribution in [0, 0.1) is 13.8 Å². The first-order valence-corrected chi connectivity index (χ1v) is 14.7. The number of aryl methyl sites for hydroxylation is 1. The first kappa shape index (κ1) is 29.4. The number of anilines is 1. The van der Waals surface area contributed by atoms with Crippen molar-refractivity contribution in [1.82, 2.24) is 15.0 Å². The van der Waals surface area contributed by atoms with Gasteiger partial charge in [0, 0.05) is 30.3 Å². The molecule has 0 spiro atoms. The molecule has 0 atom stereocenters. The Morgan fingerprint density at radius 2 is 1.79 bits per heavy atom. The summed E-state index contributed by atoms with van der Waals surface area (Å²) in [6, 6.07) is 17.1. The van der Waals surface area contributed by atoms with Gasteiger partial charge in [-0.3, -0.25) is 4.79 Å². The summed E-state index contributed by atoms with van der Waals surface area (Å²) in [5, 5.41) is 3.85. The van der Waals surface area contributed by atoms with E-state index in [4.69, 9.17) is 18.4 Å². The second-order valence-corrected chi connectivity index (χ2v) is 11.4. The molecule has 0 aliphatic carbocycles. The summed E-state index contributed by atoms with van der Waals surface area (Å²) < 4.78 is 51.4. The number of nitrogens with one attached hydrogen (secondary N) is 1. The first-order valence-electron chi connectivity index (χ1n) is 13.2. The number of ether oxygens (including phenoxy) is 2. The fraction of sp³-hybridized carbons (Fsp3) is 0.194. The number of oxazole rings is 1. The minimum atomic E-state index is -4.10. The molecule has 222 valence electrons. The van der Waals surface area contributed by atoms with Crippen molar-refractivity contribution in [2.24, 2.45) is 0 Å². The van der Waals surface area contributed by atoms with E-state index >= 15 is 0 Å². The van der Waals surface area contributed by atoms with E-state index in [1.165, 1.54) is 37.6 Å². The summed E-state index contributed by atoms with van der Waals surface area (Å²) in [7, 11) is 0.527. The molecule has 0 fully saturated rings. The van der Waals surface area contributed by atoms with Crippen LogP contribution >= 0.6 is 0 Å². The van der Waals surface area contributed by atoms with Gasteiger partial charge in [0.05, 0.1) is 36.6 Å². The van der Waals surface area contributed by atoms with E-state index in [9.17, 15) is 13.2 Å². The number of para-hydroxylation sites is 1. The fourth-order valence-electron chi connectivity index (χ4n) is 4.69. The third kappa shape index (κ3) is 5.82. The molecule has 0 saturated heterocycles. The highest BCUT2D eigenvalue weighted by Gasteiger charge is 2.26. The molecule has 5 rings (SSSR count). The van der Waals surface area contributed by atoms with Gasteiger partial charge in [-0.1, -0.05) is 35.5 Å². The van der Waals surface area contributed by atoms with Crippen LogP contribution in [0.3, 0.4) is 0 Å². The van der Waals surface area contributed by atoms with Gasteiger partial charge in [0.2, 0.25) is 11.8 Å². The Balaban J connectivity index is 1.58. The molecular formula is C31H30N4O7S. The molecule has 3 aromatic carbocycles. The summed E-state index contributed by atoms with van der Waals surface area (Å²) in [5.41, 5.74) is 3.83. The zero-order chi connectivity index (χ0) is 30.7. The molecule has 11 nitrogen and oxygen atoms in total. The number of benzene rings is 3. The molecule has 2 aromatic heterocycles. The highest BCUT2D eigenvalue weighted by molar-refractivity contribution is 7.92. The Kier molecular flexibility index (Phi) is 8.22. The van der Waals surface area contributed by atoms with Crippen molar-refractivity contribution in [2.75, 3.05) is 26.0 Å². The van der Waals surface area contributed by atoms with E-state index in [-0.39, 0.29) is 23.2 Å². The minimum Gasteiger partial charge on any atom is -0.493 e. The molecule has 0 radical (unpaired) electrons. The van der Waals surface area contributed by atoms with Gasteiger partial charge in [-0.25, -0.2) is 18.1 Å². The third-order valence-corrected chi connectivity index (χ3v) is 8.41. The van der Waals surface area contributed by atoms with Crippen molar-refractivity contribution < 1.29 is 31.6 Å². The van der Waals surface area contributed by atoms with Crippen molar-refractivity contribution in [2.45, 2.75) is 25.3 Å². The summed E-state index contributed by atoms with van der Waals surface area (Å²) in [5.74, 6) is 0.856. The summed E-state index contributed by atoms with van der Waals surface area (Å²) in [6.07, 6.45) is 3.00. The molecule has 0 unspecified atom stereocenters. The van der Waals surface area contributed by atoms with Crippen molar-refractivity contribution in [3.63, 3.8) is 0 Å². The highest BCUT2D eigenvalue weighted by Crippen LogP contribution is 2.36. The standard InChI is InChI=1S/C31H30N4O7S/c1-19-20(2)33-42-29(19)34-43(37,38)27-12-7-6-9-24(27)23-14-13-21(30-32-15-16-41-30)17-22(23)18-35(3)31(36)25-10-8-11-26(39-4)28(25)40-5/h6-17,34H,18H2,1-5H3. The number of hydrogen-bond acceptors (Lipinski definition) is 9. The van der Waals surface area contributed by atoms with Crippen LogP contribution in [-0.4, -0.2) is 50.6 Å². The Morgan fingerprint density at radius 1 is 1.00 bits per heavy atom. The van der Waals surface area contributed by atoms with Gasteiger partial charge in [-0.05, 0) is 55.3 Å². The predicted molar refractivity (Wildman–Crippen MR) is 160 cm³/mol. The normalized spacial score (nSPS) is 11.3. The number of sulfonamides is 1. The molecular weight excluding hydrogens is 572 g/mol. The zero-order valence-corrected chi connectivity index (χ0v) is 25.1. The lowest BCUT2D eigenvalue weighted by Crippen LogP contribution is -2.27. The fourth-order valence-corrected chi connectivity index (χ4v) is 5.96. The van der Waals surface area contributed by atoms with E-state index in [0.717, 1.165) is 0 Å². The Bertz CT molecular complexity index is 1880. The Labute approximate surface area is 249 Å². The van der Waals surface area contributed by atoms with E-state index in [1.807, 2.05) is 6.07 Å². The van der Waals surface area contributed by atoms with Gasteiger partial charge in [0.15, 0.2) is 11.5 Å². The zero-order valence-electron chi connectivity index (χ0n) is 24.2. The molecule has 5 aromatic rings. The monoisotopic (exact) mass is 602 g/mol. The molecule has 1 amide bonds. The molecule has 12 heteroatoms. The smallest absolute Gasteiger partial charge is 0.264 e. The number of aromatic nitrogens is 2. The van der Waals surface area contributed by atoms with Crippen LogP contribution in [0.15, 0.2) is 87.0 Å².